The zero-order chi connectivity index (χ0) is 17.6. The molecule has 1 aliphatic heterocycles. The molecule has 1 aliphatic rings. The van der Waals surface area contributed by atoms with Crippen LogP contribution in [-0.2, 0) is 13.2 Å². The Kier molecular flexibility index (Phi) is 5.50. The van der Waals surface area contributed by atoms with Gasteiger partial charge in [0, 0.05) is 31.4 Å². The first-order chi connectivity index (χ1) is 12.2. The van der Waals surface area contributed by atoms with Crippen molar-refractivity contribution < 1.29 is 10.0 Å². The van der Waals surface area contributed by atoms with Gasteiger partial charge in [-0.2, -0.15) is 0 Å². The number of piperidine rings is 1. The summed E-state index contributed by atoms with van der Waals surface area (Å²) in [7, 11) is 0. The average molecular weight is 341 g/mol. The monoisotopic (exact) mass is 341 g/mol. The van der Waals surface area contributed by atoms with E-state index in [9.17, 15) is 15.2 Å². The highest BCUT2D eigenvalue weighted by Crippen LogP contribution is 2.28. The Labute approximate surface area is 147 Å². The summed E-state index contributed by atoms with van der Waals surface area (Å²) >= 11 is 0. The molecule has 25 heavy (non-hydrogen) atoms. The Balaban J connectivity index is 1.81. The van der Waals surface area contributed by atoms with Crippen molar-refractivity contribution in [3.05, 3.63) is 63.7 Å². The largest absolute Gasteiger partial charge is 0.392 e. The van der Waals surface area contributed by atoms with E-state index >= 15 is 0 Å². The fraction of sp³-hybridized carbons (Fsp3) is 0.368. The van der Waals surface area contributed by atoms with Gasteiger partial charge >= 0.3 is 0 Å². The van der Waals surface area contributed by atoms with E-state index in [-0.39, 0.29) is 12.3 Å². The van der Waals surface area contributed by atoms with Gasteiger partial charge in [0.15, 0.2) is 0 Å². The van der Waals surface area contributed by atoms with Crippen molar-refractivity contribution in [3.63, 3.8) is 0 Å². The molecular weight excluding hydrogens is 318 g/mol. The Bertz CT molecular complexity index is 742. The standard InChI is InChI=1S/C19H23N3O3/c23-14-15-8-9-19(22(24)25)17(12-15)20-13-16-6-2-3-7-18(16)21-10-4-1-5-11-21/h2-3,6-9,12,20,23H,1,4-5,10-11,13-14H2. The molecule has 0 atom stereocenters. The lowest BCUT2D eigenvalue weighted by atomic mass is 10.1. The lowest BCUT2D eigenvalue weighted by Crippen LogP contribution is -2.30. The third kappa shape index (κ3) is 4.09. The van der Waals surface area contributed by atoms with Gasteiger partial charge in [0.2, 0.25) is 0 Å². The SMILES string of the molecule is O=[N+]([O-])c1ccc(CO)cc1NCc1ccccc1N1CCCCC1. The molecular formula is C19H23N3O3. The van der Waals surface area contributed by atoms with E-state index in [2.05, 4.69) is 22.3 Å². The van der Waals surface area contributed by atoms with Crippen molar-refractivity contribution in [2.24, 2.45) is 0 Å². The number of aliphatic hydroxyl groups is 1. The summed E-state index contributed by atoms with van der Waals surface area (Å²) in [5.74, 6) is 0. The predicted molar refractivity (Wildman–Crippen MR) is 98.9 cm³/mol. The third-order valence-corrected chi connectivity index (χ3v) is 4.60. The van der Waals surface area contributed by atoms with Gasteiger partial charge < -0.3 is 15.3 Å². The molecule has 0 aliphatic carbocycles. The zero-order valence-corrected chi connectivity index (χ0v) is 14.1. The van der Waals surface area contributed by atoms with Crippen molar-refractivity contribution in [1.82, 2.24) is 0 Å². The summed E-state index contributed by atoms with van der Waals surface area (Å²) in [6.45, 7) is 2.47. The molecule has 0 bridgehead atoms. The van der Waals surface area contributed by atoms with Gasteiger partial charge in [0.1, 0.15) is 5.69 Å². The van der Waals surface area contributed by atoms with Crippen LogP contribution in [0, 0.1) is 10.1 Å². The minimum Gasteiger partial charge on any atom is -0.392 e. The maximum absolute atomic E-state index is 11.2. The molecule has 2 N–H and O–H groups in total. The second kappa shape index (κ2) is 7.98. The normalized spacial score (nSPS) is 14.4. The molecule has 6 heteroatoms. The van der Waals surface area contributed by atoms with Crippen molar-refractivity contribution in [2.75, 3.05) is 23.3 Å². The van der Waals surface area contributed by atoms with E-state index in [1.807, 2.05) is 12.1 Å². The maximum atomic E-state index is 11.2. The highest BCUT2D eigenvalue weighted by Gasteiger charge is 2.16. The Morgan fingerprint density at radius 1 is 1.12 bits per heavy atom. The van der Waals surface area contributed by atoms with Crippen molar-refractivity contribution in [2.45, 2.75) is 32.4 Å². The molecule has 3 rings (SSSR count). The molecule has 0 amide bonds. The van der Waals surface area contributed by atoms with E-state index in [1.54, 1.807) is 12.1 Å². The summed E-state index contributed by atoms with van der Waals surface area (Å²) in [5, 5.41) is 23.7. The Hall–Kier alpha value is -2.60. The molecule has 0 saturated carbocycles. The summed E-state index contributed by atoms with van der Waals surface area (Å²) in [4.78, 5) is 13.2. The molecule has 0 aromatic heterocycles. The topological polar surface area (TPSA) is 78.6 Å². The lowest BCUT2D eigenvalue weighted by molar-refractivity contribution is -0.384. The van der Waals surface area contributed by atoms with Gasteiger partial charge in [0.25, 0.3) is 5.69 Å². The fourth-order valence-corrected chi connectivity index (χ4v) is 3.28. The Morgan fingerprint density at radius 2 is 1.88 bits per heavy atom. The number of aliphatic hydroxyl groups excluding tert-OH is 1. The van der Waals surface area contributed by atoms with Gasteiger partial charge in [-0.1, -0.05) is 18.2 Å². The number of nitrogens with one attached hydrogen (secondary N) is 1. The first kappa shape index (κ1) is 17.2. The van der Waals surface area contributed by atoms with E-state index in [0.29, 0.717) is 17.8 Å². The Morgan fingerprint density at radius 3 is 2.60 bits per heavy atom. The van der Waals surface area contributed by atoms with Crippen molar-refractivity contribution in [1.29, 1.82) is 0 Å². The highest BCUT2D eigenvalue weighted by atomic mass is 16.6. The molecule has 2 aromatic rings. The predicted octanol–water partition coefficient (Wildman–Crippen LogP) is 3.69. The summed E-state index contributed by atoms with van der Waals surface area (Å²) in [6, 6.07) is 12.8. The average Bonchev–Trinajstić information content (AvgIpc) is 2.67. The molecule has 0 radical (unpaired) electrons. The number of nitrogens with zero attached hydrogens (tertiary/aromatic N) is 2. The number of anilines is 2. The van der Waals surface area contributed by atoms with Crippen LogP contribution in [0.2, 0.25) is 0 Å². The molecule has 132 valence electrons. The first-order valence-electron chi connectivity index (χ1n) is 8.64. The molecule has 6 nitrogen and oxygen atoms in total. The van der Waals surface area contributed by atoms with Crippen LogP contribution in [0.1, 0.15) is 30.4 Å². The minimum atomic E-state index is -0.403. The van der Waals surface area contributed by atoms with Crippen molar-refractivity contribution >= 4 is 17.1 Å². The van der Waals surface area contributed by atoms with Gasteiger partial charge in [-0.25, -0.2) is 0 Å². The van der Waals surface area contributed by atoms with Crippen LogP contribution in [0.3, 0.4) is 0 Å². The van der Waals surface area contributed by atoms with Gasteiger partial charge in [-0.05, 0) is 48.6 Å². The van der Waals surface area contributed by atoms with Crippen LogP contribution in [0.15, 0.2) is 42.5 Å². The number of rotatable bonds is 6. The third-order valence-electron chi connectivity index (χ3n) is 4.60. The second-order valence-electron chi connectivity index (χ2n) is 6.30. The molecule has 0 unspecified atom stereocenters. The zero-order valence-electron chi connectivity index (χ0n) is 14.1. The molecule has 1 heterocycles. The molecule has 0 spiro atoms. The lowest BCUT2D eigenvalue weighted by Gasteiger charge is -2.30. The van der Waals surface area contributed by atoms with Crippen LogP contribution in [0.25, 0.3) is 0 Å². The number of hydrogen-bond acceptors (Lipinski definition) is 5. The number of benzene rings is 2. The molecule has 1 fully saturated rings. The fourth-order valence-electron chi connectivity index (χ4n) is 3.28. The highest BCUT2D eigenvalue weighted by molar-refractivity contribution is 5.64. The van der Waals surface area contributed by atoms with Crippen LogP contribution in [0.5, 0.6) is 0 Å². The summed E-state index contributed by atoms with van der Waals surface area (Å²) in [5.41, 5.74) is 3.42. The van der Waals surface area contributed by atoms with Crippen LogP contribution in [0.4, 0.5) is 17.1 Å². The maximum Gasteiger partial charge on any atom is 0.292 e. The number of nitro groups is 1. The number of hydrogen-bond donors (Lipinski definition) is 2. The smallest absolute Gasteiger partial charge is 0.292 e. The summed E-state index contributed by atoms with van der Waals surface area (Å²) in [6.07, 6.45) is 3.68. The molecule has 1 saturated heterocycles. The summed E-state index contributed by atoms with van der Waals surface area (Å²) < 4.78 is 0. The quantitative estimate of drug-likeness (QED) is 0.619. The van der Waals surface area contributed by atoms with Crippen LogP contribution in [-0.4, -0.2) is 23.1 Å². The van der Waals surface area contributed by atoms with E-state index < -0.39 is 4.92 Å². The number of para-hydroxylation sites is 1. The number of nitro benzene ring substituents is 1. The van der Waals surface area contributed by atoms with Gasteiger partial charge in [0.05, 0.1) is 11.5 Å². The van der Waals surface area contributed by atoms with Gasteiger partial charge in [-0.15, -0.1) is 0 Å². The van der Waals surface area contributed by atoms with E-state index in [0.717, 1.165) is 18.7 Å². The van der Waals surface area contributed by atoms with E-state index in [1.165, 1.54) is 31.0 Å². The van der Waals surface area contributed by atoms with Crippen LogP contribution < -0.4 is 10.2 Å². The van der Waals surface area contributed by atoms with Crippen LogP contribution >= 0.6 is 0 Å². The minimum absolute atomic E-state index is 0.0210. The molecule has 2 aromatic carbocycles. The van der Waals surface area contributed by atoms with E-state index in [4.69, 9.17) is 0 Å². The first-order valence-corrected chi connectivity index (χ1v) is 8.64. The van der Waals surface area contributed by atoms with Gasteiger partial charge in [-0.3, -0.25) is 10.1 Å². The second-order valence-corrected chi connectivity index (χ2v) is 6.30. The van der Waals surface area contributed by atoms with Crippen molar-refractivity contribution in [3.8, 4) is 0 Å².